The predicted octanol–water partition coefficient (Wildman–Crippen LogP) is 3.47. The number of halogens is 1. The second-order valence-corrected chi connectivity index (χ2v) is 10.1. The van der Waals surface area contributed by atoms with Gasteiger partial charge in [0.1, 0.15) is 0 Å². The molecule has 0 bridgehead atoms. The molecule has 40 heavy (non-hydrogen) atoms. The molecule has 0 spiro atoms. The molecule has 9 nitrogen and oxygen atoms in total. The van der Waals surface area contributed by atoms with Gasteiger partial charge in [0.15, 0.2) is 0 Å². The van der Waals surface area contributed by atoms with E-state index in [1.54, 1.807) is 65.6 Å². The van der Waals surface area contributed by atoms with Crippen LogP contribution in [0.3, 0.4) is 0 Å². The third-order valence-corrected chi connectivity index (χ3v) is 7.39. The molecule has 2 fully saturated rings. The van der Waals surface area contributed by atoms with Crippen molar-refractivity contribution in [1.29, 1.82) is 5.26 Å². The van der Waals surface area contributed by atoms with Crippen molar-refractivity contribution in [3.8, 4) is 6.07 Å². The molecule has 3 aromatic carbocycles. The highest BCUT2D eigenvalue weighted by molar-refractivity contribution is 6.31. The molecular weight excluding hydrogens is 528 g/mol. The molecule has 204 valence electrons. The van der Waals surface area contributed by atoms with E-state index in [0.29, 0.717) is 72.2 Å². The number of piperazine rings is 2. The van der Waals surface area contributed by atoms with Gasteiger partial charge in [0.05, 0.1) is 23.0 Å². The topological polar surface area (TPSA) is 109 Å². The van der Waals surface area contributed by atoms with Crippen molar-refractivity contribution in [2.75, 3.05) is 62.6 Å². The first-order chi connectivity index (χ1) is 19.4. The second-order valence-electron chi connectivity index (χ2n) is 9.71. The van der Waals surface area contributed by atoms with Gasteiger partial charge in [0, 0.05) is 74.1 Å². The van der Waals surface area contributed by atoms with Gasteiger partial charge >= 0.3 is 0 Å². The maximum atomic E-state index is 13.2. The standard InChI is InChI=1S/C30H29ClN6O3/c31-25-3-1-2-23(18-25)28(38)34-26-19-24(30(40)36-12-10-33-11-13-36)8-9-27(26)35-14-16-37(17-15-35)29(39)22-6-4-21(20-32)5-7-22/h1-9,18-19,33H,10-17H2,(H,34,38). The number of nitrogens with one attached hydrogen (secondary N) is 2. The van der Waals surface area contributed by atoms with Crippen LogP contribution in [-0.4, -0.2) is 79.9 Å². The maximum absolute atomic E-state index is 13.2. The highest BCUT2D eigenvalue weighted by Gasteiger charge is 2.26. The number of benzene rings is 3. The van der Waals surface area contributed by atoms with E-state index in [9.17, 15) is 14.4 Å². The molecule has 10 heteroatoms. The van der Waals surface area contributed by atoms with Crippen LogP contribution in [0, 0.1) is 11.3 Å². The van der Waals surface area contributed by atoms with Gasteiger partial charge in [0.25, 0.3) is 17.7 Å². The number of nitrogens with zero attached hydrogens (tertiary/aromatic N) is 4. The maximum Gasteiger partial charge on any atom is 0.255 e. The number of anilines is 2. The molecule has 2 N–H and O–H groups in total. The van der Waals surface area contributed by atoms with Crippen LogP contribution in [0.15, 0.2) is 66.7 Å². The normalized spacial score (nSPS) is 15.3. The summed E-state index contributed by atoms with van der Waals surface area (Å²) in [6.45, 7) is 4.81. The van der Waals surface area contributed by atoms with Gasteiger partial charge < -0.3 is 25.3 Å². The number of amides is 3. The lowest BCUT2D eigenvalue weighted by atomic mass is 10.1. The van der Waals surface area contributed by atoms with Crippen molar-refractivity contribution in [2.45, 2.75) is 0 Å². The summed E-state index contributed by atoms with van der Waals surface area (Å²) in [6, 6.07) is 20.8. The molecule has 0 atom stereocenters. The fourth-order valence-electron chi connectivity index (χ4n) is 4.94. The number of rotatable bonds is 5. The molecule has 2 aliphatic heterocycles. The van der Waals surface area contributed by atoms with Gasteiger partial charge in [-0.05, 0) is 60.7 Å². The van der Waals surface area contributed by atoms with Crippen molar-refractivity contribution in [2.24, 2.45) is 0 Å². The second kappa shape index (κ2) is 12.2. The third-order valence-electron chi connectivity index (χ3n) is 7.15. The molecule has 2 aliphatic rings. The summed E-state index contributed by atoms with van der Waals surface area (Å²) in [5.41, 5.74) is 3.26. The smallest absolute Gasteiger partial charge is 0.255 e. The van der Waals surface area contributed by atoms with Crippen molar-refractivity contribution in [1.82, 2.24) is 15.1 Å². The Morgan fingerprint density at radius 1 is 0.775 bits per heavy atom. The quantitative estimate of drug-likeness (QED) is 0.498. The first-order valence-electron chi connectivity index (χ1n) is 13.2. The van der Waals surface area contributed by atoms with Crippen LogP contribution in [-0.2, 0) is 0 Å². The van der Waals surface area contributed by atoms with E-state index in [4.69, 9.17) is 16.9 Å². The van der Waals surface area contributed by atoms with Crippen molar-refractivity contribution in [3.05, 3.63) is 94.0 Å². The van der Waals surface area contributed by atoms with Gasteiger partial charge in [0.2, 0.25) is 0 Å². The fourth-order valence-corrected chi connectivity index (χ4v) is 5.13. The molecule has 5 rings (SSSR count). The van der Waals surface area contributed by atoms with E-state index in [2.05, 4.69) is 21.6 Å². The summed E-state index contributed by atoms with van der Waals surface area (Å²) >= 11 is 6.11. The van der Waals surface area contributed by atoms with E-state index < -0.39 is 0 Å². The van der Waals surface area contributed by atoms with Crippen LogP contribution in [0.4, 0.5) is 11.4 Å². The number of hydrogen-bond donors (Lipinski definition) is 2. The van der Waals surface area contributed by atoms with Crippen LogP contribution in [0.2, 0.25) is 5.02 Å². The molecule has 3 amide bonds. The Kier molecular flexibility index (Phi) is 8.29. The first kappa shape index (κ1) is 27.2. The molecule has 3 aromatic rings. The highest BCUT2D eigenvalue weighted by Crippen LogP contribution is 2.30. The molecule has 0 saturated carbocycles. The van der Waals surface area contributed by atoms with Crippen molar-refractivity contribution >= 4 is 40.7 Å². The van der Waals surface area contributed by atoms with E-state index in [1.807, 2.05) is 11.0 Å². The van der Waals surface area contributed by atoms with Gasteiger partial charge in [-0.2, -0.15) is 5.26 Å². The average molecular weight is 557 g/mol. The summed E-state index contributed by atoms with van der Waals surface area (Å²) in [4.78, 5) is 45.1. The minimum Gasteiger partial charge on any atom is -0.366 e. The van der Waals surface area contributed by atoms with Gasteiger partial charge in [-0.3, -0.25) is 14.4 Å². The molecule has 0 aromatic heterocycles. The number of nitriles is 1. The van der Waals surface area contributed by atoms with Crippen LogP contribution >= 0.6 is 11.6 Å². The summed E-state index contributed by atoms with van der Waals surface area (Å²) in [6.07, 6.45) is 0. The molecule has 2 saturated heterocycles. The van der Waals surface area contributed by atoms with Crippen molar-refractivity contribution in [3.63, 3.8) is 0 Å². The molecule has 2 heterocycles. The first-order valence-corrected chi connectivity index (χ1v) is 13.6. The summed E-state index contributed by atoms with van der Waals surface area (Å²) < 4.78 is 0. The number of carbonyl (C=O) groups is 3. The Hall–Kier alpha value is -4.39. The van der Waals surface area contributed by atoms with Gasteiger partial charge in [-0.1, -0.05) is 17.7 Å². The fraction of sp³-hybridized carbons (Fsp3) is 0.267. The zero-order valence-corrected chi connectivity index (χ0v) is 22.7. The Balaban J connectivity index is 1.36. The summed E-state index contributed by atoms with van der Waals surface area (Å²) in [5, 5.41) is 15.7. The van der Waals surface area contributed by atoms with E-state index in [1.165, 1.54) is 0 Å². The minimum atomic E-state index is -0.329. The van der Waals surface area contributed by atoms with E-state index in [0.717, 1.165) is 18.8 Å². The molecule has 0 unspecified atom stereocenters. The average Bonchev–Trinajstić information content (AvgIpc) is 3.01. The lowest BCUT2D eigenvalue weighted by molar-refractivity contribution is 0.0731. The van der Waals surface area contributed by atoms with Crippen LogP contribution in [0.5, 0.6) is 0 Å². The molecule has 0 radical (unpaired) electrons. The van der Waals surface area contributed by atoms with Crippen LogP contribution < -0.4 is 15.5 Å². The predicted molar refractivity (Wildman–Crippen MR) is 154 cm³/mol. The van der Waals surface area contributed by atoms with Crippen molar-refractivity contribution < 1.29 is 14.4 Å². The largest absolute Gasteiger partial charge is 0.366 e. The van der Waals surface area contributed by atoms with E-state index >= 15 is 0 Å². The number of hydrogen-bond acceptors (Lipinski definition) is 6. The Morgan fingerprint density at radius 3 is 2.10 bits per heavy atom. The SMILES string of the molecule is N#Cc1ccc(C(=O)N2CCN(c3ccc(C(=O)N4CCNCC4)cc3NC(=O)c3cccc(Cl)c3)CC2)cc1. The van der Waals surface area contributed by atoms with Crippen LogP contribution in [0.25, 0.3) is 0 Å². The Labute approximate surface area is 237 Å². The lowest BCUT2D eigenvalue weighted by Gasteiger charge is -2.37. The monoisotopic (exact) mass is 556 g/mol. The molecular formula is C30H29ClN6O3. The third kappa shape index (κ3) is 6.09. The van der Waals surface area contributed by atoms with Gasteiger partial charge in [-0.15, -0.1) is 0 Å². The Morgan fingerprint density at radius 2 is 1.43 bits per heavy atom. The van der Waals surface area contributed by atoms with Crippen LogP contribution in [0.1, 0.15) is 36.6 Å². The molecule has 0 aliphatic carbocycles. The highest BCUT2D eigenvalue weighted by atomic mass is 35.5. The summed E-state index contributed by atoms with van der Waals surface area (Å²) in [5.74, 6) is -0.495. The Bertz CT molecular complexity index is 1460. The lowest BCUT2D eigenvalue weighted by Crippen LogP contribution is -2.49. The zero-order valence-electron chi connectivity index (χ0n) is 21.9. The number of carbonyl (C=O) groups excluding carboxylic acids is 3. The summed E-state index contributed by atoms with van der Waals surface area (Å²) in [7, 11) is 0. The zero-order chi connectivity index (χ0) is 28.1. The van der Waals surface area contributed by atoms with E-state index in [-0.39, 0.29) is 17.7 Å². The van der Waals surface area contributed by atoms with Gasteiger partial charge in [-0.25, -0.2) is 0 Å². The minimum absolute atomic E-state index is 0.0795.